The maximum Gasteiger partial charge on any atom is 0.244 e. The van der Waals surface area contributed by atoms with Crippen LogP contribution in [0.25, 0.3) is 0 Å². The number of nitrogens with zero attached hydrogens (tertiary/aromatic N) is 2. The molecule has 31 heavy (non-hydrogen) atoms. The van der Waals surface area contributed by atoms with E-state index in [-0.39, 0.29) is 35.5 Å². The molecule has 0 bridgehead atoms. The zero-order chi connectivity index (χ0) is 22.6. The molecule has 1 saturated heterocycles. The van der Waals surface area contributed by atoms with Crippen molar-refractivity contribution >= 4 is 44.8 Å². The summed E-state index contributed by atoms with van der Waals surface area (Å²) in [4.78, 5) is 14.5. The van der Waals surface area contributed by atoms with Gasteiger partial charge in [0.05, 0.1) is 36.5 Å². The molecular weight excluding hydrogens is 465 g/mol. The third-order valence-corrected chi connectivity index (χ3v) is 7.59. The van der Waals surface area contributed by atoms with Crippen LogP contribution in [0.1, 0.15) is 0 Å². The molecule has 1 aliphatic rings. The van der Waals surface area contributed by atoms with E-state index < -0.39 is 10.0 Å². The minimum atomic E-state index is -3.68. The van der Waals surface area contributed by atoms with Crippen LogP contribution >= 0.6 is 23.2 Å². The van der Waals surface area contributed by atoms with Crippen LogP contribution in [-0.4, -0.2) is 70.5 Å². The minimum Gasteiger partial charge on any atom is -0.495 e. The van der Waals surface area contributed by atoms with Gasteiger partial charge in [-0.2, -0.15) is 4.31 Å². The normalized spacial score (nSPS) is 15.5. The molecule has 0 atom stereocenters. The quantitative estimate of drug-likeness (QED) is 0.645. The van der Waals surface area contributed by atoms with Crippen molar-refractivity contribution in [3.05, 3.63) is 46.4 Å². The molecule has 0 aliphatic carbocycles. The van der Waals surface area contributed by atoms with E-state index in [1.54, 1.807) is 30.3 Å². The van der Waals surface area contributed by atoms with Gasteiger partial charge in [0.1, 0.15) is 16.4 Å². The zero-order valence-electron chi connectivity index (χ0n) is 17.1. The highest BCUT2D eigenvalue weighted by atomic mass is 35.5. The van der Waals surface area contributed by atoms with Gasteiger partial charge in [0, 0.05) is 38.3 Å². The zero-order valence-corrected chi connectivity index (χ0v) is 19.4. The van der Waals surface area contributed by atoms with Gasteiger partial charge in [0.15, 0.2) is 0 Å². The van der Waals surface area contributed by atoms with Gasteiger partial charge in [0.2, 0.25) is 15.9 Å². The number of carbonyl (C=O) groups excluding carboxylic acids is 1. The first-order valence-electron chi connectivity index (χ1n) is 9.44. The number of benzene rings is 2. The van der Waals surface area contributed by atoms with Gasteiger partial charge in [-0.25, -0.2) is 8.42 Å². The number of anilines is 1. The molecule has 2 aromatic rings. The minimum absolute atomic E-state index is 0.0895. The maximum absolute atomic E-state index is 12.8. The van der Waals surface area contributed by atoms with Gasteiger partial charge in [-0.1, -0.05) is 35.3 Å². The molecule has 1 heterocycles. The van der Waals surface area contributed by atoms with Crippen molar-refractivity contribution in [2.45, 2.75) is 4.90 Å². The predicted octanol–water partition coefficient (Wildman–Crippen LogP) is 2.96. The van der Waals surface area contributed by atoms with Crippen LogP contribution < -0.4 is 14.8 Å². The lowest BCUT2D eigenvalue weighted by Gasteiger charge is -2.33. The van der Waals surface area contributed by atoms with Crippen molar-refractivity contribution in [1.29, 1.82) is 0 Å². The first kappa shape index (κ1) is 23.6. The molecule has 8 nitrogen and oxygen atoms in total. The molecular formula is C20H23Cl2N3O5S. The molecule has 1 aliphatic heterocycles. The van der Waals surface area contributed by atoms with Gasteiger partial charge in [0.25, 0.3) is 0 Å². The van der Waals surface area contributed by atoms with Crippen LogP contribution in [0.15, 0.2) is 41.3 Å². The SMILES string of the molecule is COc1cc(NC(=O)CN2CCN(S(=O)(=O)c3ccccc3Cl)CC2)c(OC)cc1Cl. The number of hydrogen-bond donors (Lipinski definition) is 1. The second-order valence-corrected chi connectivity index (χ2v) is 9.57. The van der Waals surface area contributed by atoms with Crippen molar-refractivity contribution in [2.24, 2.45) is 0 Å². The van der Waals surface area contributed by atoms with Gasteiger partial charge in [-0.3, -0.25) is 9.69 Å². The van der Waals surface area contributed by atoms with Gasteiger partial charge >= 0.3 is 0 Å². The molecule has 0 unspecified atom stereocenters. The number of sulfonamides is 1. The summed E-state index contributed by atoms with van der Waals surface area (Å²) in [5.74, 6) is 0.566. The largest absolute Gasteiger partial charge is 0.495 e. The number of halogens is 2. The van der Waals surface area contributed by atoms with Crippen molar-refractivity contribution in [3.63, 3.8) is 0 Å². The Hall–Kier alpha value is -2.04. The second-order valence-electron chi connectivity index (χ2n) is 6.85. The summed E-state index contributed by atoms with van der Waals surface area (Å²) >= 11 is 12.2. The van der Waals surface area contributed by atoms with E-state index in [1.807, 2.05) is 4.90 Å². The first-order valence-corrected chi connectivity index (χ1v) is 11.6. The van der Waals surface area contributed by atoms with Crippen molar-refractivity contribution in [1.82, 2.24) is 9.21 Å². The summed E-state index contributed by atoms with van der Waals surface area (Å²) in [5.41, 5.74) is 0.439. The smallest absolute Gasteiger partial charge is 0.244 e. The number of hydrogen-bond acceptors (Lipinski definition) is 6. The van der Waals surface area contributed by atoms with E-state index in [1.165, 1.54) is 24.6 Å². The number of methoxy groups -OCH3 is 2. The molecule has 1 fully saturated rings. The third-order valence-electron chi connectivity index (χ3n) is 4.90. The monoisotopic (exact) mass is 487 g/mol. The molecule has 0 aromatic heterocycles. The Balaban J connectivity index is 1.60. The molecule has 2 aromatic carbocycles. The highest BCUT2D eigenvalue weighted by Gasteiger charge is 2.30. The number of nitrogens with one attached hydrogen (secondary N) is 1. The fourth-order valence-electron chi connectivity index (χ4n) is 3.27. The number of amides is 1. The Morgan fingerprint density at radius 2 is 1.65 bits per heavy atom. The van der Waals surface area contributed by atoms with E-state index in [2.05, 4.69) is 5.32 Å². The first-order chi connectivity index (χ1) is 14.8. The van der Waals surface area contributed by atoms with Gasteiger partial charge in [-0.15, -0.1) is 0 Å². The molecule has 0 radical (unpaired) electrons. The lowest BCUT2D eigenvalue weighted by Crippen LogP contribution is -2.50. The van der Waals surface area contributed by atoms with Crippen LogP contribution in [0.3, 0.4) is 0 Å². The van der Waals surface area contributed by atoms with E-state index in [9.17, 15) is 13.2 Å². The van der Waals surface area contributed by atoms with Gasteiger partial charge < -0.3 is 14.8 Å². The third kappa shape index (κ3) is 5.42. The Morgan fingerprint density at radius 1 is 1.00 bits per heavy atom. The molecule has 1 amide bonds. The fraction of sp³-hybridized carbons (Fsp3) is 0.350. The number of piperazine rings is 1. The maximum atomic E-state index is 12.8. The molecule has 0 saturated carbocycles. The highest BCUT2D eigenvalue weighted by Crippen LogP contribution is 2.35. The lowest BCUT2D eigenvalue weighted by atomic mass is 10.2. The van der Waals surface area contributed by atoms with Crippen LogP contribution in [0.2, 0.25) is 10.0 Å². The Kier molecular flexibility index (Phi) is 7.66. The van der Waals surface area contributed by atoms with E-state index in [4.69, 9.17) is 32.7 Å². The Bertz CT molecular complexity index is 1060. The molecule has 11 heteroatoms. The van der Waals surface area contributed by atoms with Gasteiger partial charge in [-0.05, 0) is 12.1 Å². The molecule has 0 spiro atoms. The molecule has 168 valence electrons. The Labute approximate surface area is 191 Å². The van der Waals surface area contributed by atoms with E-state index in [0.717, 1.165) is 0 Å². The average molecular weight is 488 g/mol. The summed E-state index contributed by atoms with van der Waals surface area (Å²) in [6.45, 7) is 1.46. The van der Waals surface area contributed by atoms with Crippen molar-refractivity contribution in [2.75, 3.05) is 52.3 Å². The van der Waals surface area contributed by atoms with E-state index >= 15 is 0 Å². The highest BCUT2D eigenvalue weighted by molar-refractivity contribution is 7.89. The van der Waals surface area contributed by atoms with Crippen molar-refractivity contribution < 1.29 is 22.7 Å². The summed E-state index contributed by atoms with van der Waals surface area (Å²) < 4.78 is 37.5. The lowest BCUT2D eigenvalue weighted by molar-refractivity contribution is -0.117. The van der Waals surface area contributed by atoms with Crippen LogP contribution in [-0.2, 0) is 14.8 Å². The topological polar surface area (TPSA) is 88.2 Å². The number of ether oxygens (including phenoxy) is 2. The number of rotatable bonds is 7. The van der Waals surface area contributed by atoms with Crippen molar-refractivity contribution in [3.8, 4) is 11.5 Å². The standard InChI is InChI=1S/C20H23Cl2N3O5S/c1-29-17-12-16(18(30-2)11-15(17)22)23-20(26)13-24-7-9-25(10-8-24)31(27,28)19-6-4-3-5-14(19)21/h3-6,11-12H,7-10,13H2,1-2H3,(H,23,26). The fourth-order valence-corrected chi connectivity index (χ4v) is 5.42. The molecule has 1 N–H and O–H groups in total. The Morgan fingerprint density at radius 3 is 2.26 bits per heavy atom. The summed E-state index contributed by atoms with van der Waals surface area (Å²) in [5, 5.41) is 3.35. The summed E-state index contributed by atoms with van der Waals surface area (Å²) in [6, 6.07) is 9.52. The number of carbonyl (C=O) groups is 1. The summed E-state index contributed by atoms with van der Waals surface area (Å²) in [6.07, 6.45) is 0. The van der Waals surface area contributed by atoms with Crippen LogP contribution in [0.5, 0.6) is 11.5 Å². The predicted molar refractivity (Wildman–Crippen MR) is 120 cm³/mol. The summed E-state index contributed by atoms with van der Waals surface area (Å²) in [7, 11) is -0.722. The van der Waals surface area contributed by atoms with E-state index in [0.29, 0.717) is 35.3 Å². The second kappa shape index (κ2) is 10.1. The van der Waals surface area contributed by atoms with Crippen LogP contribution in [0, 0.1) is 0 Å². The van der Waals surface area contributed by atoms with Crippen LogP contribution in [0.4, 0.5) is 5.69 Å². The average Bonchev–Trinajstić information content (AvgIpc) is 2.75. The molecule has 3 rings (SSSR count).